The molecule has 2 heterocycles. The van der Waals surface area contributed by atoms with Crippen molar-refractivity contribution in [3.05, 3.63) is 87.9 Å². The van der Waals surface area contributed by atoms with Crippen LogP contribution in [0.4, 0.5) is 14.9 Å². The lowest BCUT2D eigenvalue weighted by Gasteiger charge is -2.20. The first kappa shape index (κ1) is 19.8. The summed E-state index contributed by atoms with van der Waals surface area (Å²) in [6, 6.07) is 16.7. The van der Waals surface area contributed by atoms with E-state index in [1.807, 2.05) is 17.5 Å². The van der Waals surface area contributed by atoms with E-state index in [2.05, 4.69) is 15.6 Å². The number of para-hydroxylation sites is 1. The molecular weight excluding hydrogens is 403 g/mol. The molecule has 1 aliphatic rings. The molecule has 30 heavy (non-hydrogen) atoms. The van der Waals surface area contributed by atoms with Crippen LogP contribution in [-0.4, -0.2) is 30.9 Å². The Morgan fingerprint density at radius 2 is 1.83 bits per heavy atom. The van der Waals surface area contributed by atoms with Crippen LogP contribution >= 0.6 is 11.3 Å². The number of amides is 3. The van der Waals surface area contributed by atoms with Gasteiger partial charge in [0.25, 0.3) is 5.91 Å². The van der Waals surface area contributed by atoms with E-state index in [0.29, 0.717) is 23.5 Å². The zero-order chi connectivity index (χ0) is 21.1. The second-order valence-corrected chi connectivity index (χ2v) is 7.71. The molecule has 0 saturated heterocycles. The molecule has 152 valence electrons. The third kappa shape index (κ3) is 3.95. The number of benzodiazepines with no additional fused rings is 1. The van der Waals surface area contributed by atoms with Crippen LogP contribution in [0.15, 0.2) is 71.0 Å². The maximum Gasteiger partial charge on any atom is 0.317 e. The molecule has 6 nitrogen and oxygen atoms in total. The number of urea groups is 1. The highest BCUT2D eigenvalue weighted by molar-refractivity contribution is 7.09. The molecule has 0 spiro atoms. The van der Waals surface area contributed by atoms with Crippen molar-refractivity contribution in [3.63, 3.8) is 0 Å². The maximum atomic E-state index is 14.6. The molecule has 0 aliphatic carbocycles. The minimum Gasteiger partial charge on any atom is -0.333 e. The number of hydrogen-bond acceptors (Lipinski definition) is 4. The monoisotopic (exact) mass is 422 g/mol. The zero-order valence-corrected chi connectivity index (χ0v) is 16.9. The highest BCUT2D eigenvalue weighted by Gasteiger charge is 2.31. The topological polar surface area (TPSA) is 73.8 Å². The molecule has 8 heteroatoms. The van der Waals surface area contributed by atoms with Gasteiger partial charge < -0.3 is 15.5 Å². The lowest BCUT2D eigenvalue weighted by atomic mass is 10.00. The number of fused-ring (bicyclic) bond motifs is 1. The van der Waals surface area contributed by atoms with Crippen LogP contribution in [0.1, 0.15) is 16.0 Å². The van der Waals surface area contributed by atoms with Crippen molar-refractivity contribution in [3.8, 4) is 0 Å². The predicted octanol–water partition coefficient (Wildman–Crippen LogP) is 3.53. The fourth-order valence-corrected chi connectivity index (χ4v) is 3.88. The number of hydrogen-bond donors (Lipinski definition) is 2. The normalized spacial score (nSPS) is 15.8. The van der Waals surface area contributed by atoms with E-state index in [4.69, 9.17) is 0 Å². The highest BCUT2D eigenvalue weighted by Crippen LogP contribution is 2.27. The number of aliphatic imine (C=N–C) groups is 1. The Kier molecular flexibility index (Phi) is 5.58. The van der Waals surface area contributed by atoms with E-state index >= 15 is 0 Å². The number of benzene rings is 2. The van der Waals surface area contributed by atoms with Gasteiger partial charge in [-0.05, 0) is 29.6 Å². The van der Waals surface area contributed by atoms with Crippen molar-refractivity contribution in [2.45, 2.75) is 12.7 Å². The van der Waals surface area contributed by atoms with Gasteiger partial charge in [0, 0.05) is 23.1 Å². The van der Waals surface area contributed by atoms with Crippen LogP contribution in [-0.2, 0) is 11.3 Å². The summed E-state index contributed by atoms with van der Waals surface area (Å²) < 4.78 is 14.6. The van der Waals surface area contributed by atoms with Gasteiger partial charge in [-0.25, -0.2) is 14.2 Å². The molecule has 2 N–H and O–H groups in total. The van der Waals surface area contributed by atoms with Gasteiger partial charge in [0.15, 0.2) is 0 Å². The van der Waals surface area contributed by atoms with Gasteiger partial charge in [0.2, 0.25) is 6.17 Å². The molecular formula is C22H19FN4O2S. The Morgan fingerprint density at radius 3 is 2.57 bits per heavy atom. The Morgan fingerprint density at radius 1 is 1.10 bits per heavy atom. The van der Waals surface area contributed by atoms with Gasteiger partial charge >= 0.3 is 6.03 Å². The summed E-state index contributed by atoms with van der Waals surface area (Å²) >= 11 is 1.52. The summed E-state index contributed by atoms with van der Waals surface area (Å²) in [4.78, 5) is 32.3. The molecule has 4 rings (SSSR count). The summed E-state index contributed by atoms with van der Waals surface area (Å²) in [5.41, 5.74) is 1.78. The largest absolute Gasteiger partial charge is 0.333 e. The fourth-order valence-electron chi connectivity index (χ4n) is 3.24. The van der Waals surface area contributed by atoms with E-state index in [1.165, 1.54) is 22.3 Å². The van der Waals surface area contributed by atoms with Crippen molar-refractivity contribution in [1.82, 2.24) is 10.6 Å². The number of rotatable bonds is 4. The van der Waals surface area contributed by atoms with E-state index in [1.54, 1.807) is 49.5 Å². The Hall–Kier alpha value is -3.52. The third-order valence-electron chi connectivity index (χ3n) is 4.74. The predicted molar refractivity (Wildman–Crippen MR) is 115 cm³/mol. The first-order chi connectivity index (χ1) is 14.5. The number of thiophene rings is 1. The molecule has 0 fully saturated rings. The first-order valence-electron chi connectivity index (χ1n) is 9.31. The third-order valence-corrected chi connectivity index (χ3v) is 5.62. The summed E-state index contributed by atoms with van der Waals surface area (Å²) in [6.45, 7) is 0.338. The molecule has 0 radical (unpaired) electrons. The maximum absolute atomic E-state index is 14.6. The van der Waals surface area contributed by atoms with Crippen molar-refractivity contribution in [2.75, 3.05) is 11.9 Å². The number of carbonyl (C=O) groups excluding carboxylic acids is 2. The van der Waals surface area contributed by atoms with Crippen molar-refractivity contribution in [1.29, 1.82) is 0 Å². The van der Waals surface area contributed by atoms with Crippen molar-refractivity contribution in [2.24, 2.45) is 4.99 Å². The summed E-state index contributed by atoms with van der Waals surface area (Å²) in [5.74, 6) is -0.871. The Bertz CT molecular complexity index is 1110. The van der Waals surface area contributed by atoms with E-state index < -0.39 is 23.9 Å². The number of nitrogens with zero attached hydrogens (tertiary/aromatic N) is 2. The Labute approximate surface area is 177 Å². The van der Waals surface area contributed by atoms with Gasteiger partial charge in [0.1, 0.15) is 5.82 Å². The van der Waals surface area contributed by atoms with E-state index in [-0.39, 0.29) is 5.56 Å². The molecule has 3 aromatic rings. The minimum absolute atomic E-state index is 0.263. The van der Waals surface area contributed by atoms with Gasteiger partial charge in [-0.3, -0.25) is 4.79 Å². The molecule has 1 aromatic heterocycles. The average Bonchev–Trinajstić information content (AvgIpc) is 3.25. The van der Waals surface area contributed by atoms with Gasteiger partial charge in [-0.15, -0.1) is 11.3 Å². The fraction of sp³-hybridized carbons (Fsp3) is 0.136. The highest BCUT2D eigenvalue weighted by atomic mass is 32.1. The molecule has 1 unspecified atom stereocenters. The number of nitrogens with one attached hydrogen (secondary N) is 2. The van der Waals surface area contributed by atoms with Crippen molar-refractivity contribution >= 4 is 34.7 Å². The first-order valence-corrected chi connectivity index (χ1v) is 10.2. The van der Waals surface area contributed by atoms with Crippen molar-refractivity contribution < 1.29 is 14.0 Å². The van der Waals surface area contributed by atoms with Crippen LogP contribution in [0.5, 0.6) is 0 Å². The molecule has 0 saturated carbocycles. The quantitative estimate of drug-likeness (QED) is 0.675. The molecule has 2 aromatic carbocycles. The lowest BCUT2D eigenvalue weighted by Crippen LogP contribution is -2.49. The van der Waals surface area contributed by atoms with Gasteiger partial charge in [-0.2, -0.15) is 0 Å². The molecule has 3 amide bonds. The van der Waals surface area contributed by atoms with Crippen LogP contribution in [0.3, 0.4) is 0 Å². The Balaban J connectivity index is 1.68. The summed E-state index contributed by atoms with van der Waals surface area (Å²) in [6.07, 6.45) is -1.19. The molecule has 1 aliphatic heterocycles. The van der Waals surface area contributed by atoms with Crippen LogP contribution in [0, 0.1) is 5.82 Å². The zero-order valence-electron chi connectivity index (χ0n) is 16.1. The number of carbonyl (C=O) groups is 2. The lowest BCUT2D eigenvalue weighted by molar-refractivity contribution is -0.119. The SMILES string of the molecule is CN1C(=O)C(NC(=O)NCc2cccs2)N=C(c2ccccc2F)c2ccccc21. The smallest absolute Gasteiger partial charge is 0.317 e. The van der Waals surface area contributed by atoms with Gasteiger partial charge in [-0.1, -0.05) is 36.4 Å². The minimum atomic E-state index is -1.19. The second kappa shape index (κ2) is 8.46. The summed E-state index contributed by atoms with van der Waals surface area (Å²) in [7, 11) is 1.61. The van der Waals surface area contributed by atoms with E-state index in [9.17, 15) is 14.0 Å². The second-order valence-electron chi connectivity index (χ2n) is 6.68. The molecule has 1 atom stereocenters. The number of likely N-dealkylation sites (N-methyl/N-ethyl adjacent to an activating group) is 1. The molecule has 0 bridgehead atoms. The van der Waals surface area contributed by atoms with Crippen LogP contribution in [0.25, 0.3) is 0 Å². The average molecular weight is 422 g/mol. The van der Waals surface area contributed by atoms with Crippen LogP contribution < -0.4 is 15.5 Å². The summed E-state index contributed by atoms with van der Waals surface area (Å²) in [5, 5.41) is 7.25. The van der Waals surface area contributed by atoms with E-state index in [0.717, 1.165) is 4.88 Å². The number of halogens is 1. The number of anilines is 1. The van der Waals surface area contributed by atoms with Crippen LogP contribution in [0.2, 0.25) is 0 Å². The standard InChI is InChI=1S/C22H19FN4O2S/c1-27-18-11-5-3-9-16(18)19(15-8-2-4-10-17(15)23)25-20(21(27)28)26-22(29)24-13-14-7-6-12-30-14/h2-12,20H,13H2,1H3,(H2,24,26,29). The van der Waals surface area contributed by atoms with Gasteiger partial charge in [0.05, 0.1) is 17.9 Å².